The van der Waals surface area contributed by atoms with Crippen LogP contribution in [0.3, 0.4) is 0 Å². The van der Waals surface area contributed by atoms with Crippen molar-refractivity contribution in [3.05, 3.63) is 35.4 Å². The van der Waals surface area contributed by atoms with Gasteiger partial charge < -0.3 is 10.4 Å². The lowest BCUT2D eigenvalue weighted by molar-refractivity contribution is -0.128. The number of benzene rings is 1. The fourth-order valence-electron chi connectivity index (χ4n) is 3.47. The van der Waals surface area contributed by atoms with Gasteiger partial charge in [-0.05, 0) is 51.3 Å². The highest BCUT2D eigenvalue weighted by atomic mass is 16.3. The van der Waals surface area contributed by atoms with Gasteiger partial charge in [0.15, 0.2) is 0 Å². The summed E-state index contributed by atoms with van der Waals surface area (Å²) in [5.41, 5.74) is 2.26. The van der Waals surface area contributed by atoms with Gasteiger partial charge in [-0.3, -0.25) is 9.69 Å². The third-order valence-electron chi connectivity index (χ3n) is 5.13. The maximum atomic E-state index is 12.6. The van der Waals surface area contributed by atoms with Crippen LogP contribution in [0.25, 0.3) is 0 Å². The molecule has 1 heterocycles. The average Bonchev–Trinajstić information content (AvgIpc) is 2.54. The standard InChI is InChI=1S/C19H30N2O2/c1-14-8-5-6-9-17(14)15(2)20-18(23)16(3)21-11-7-10-19(4,12-21)13-22/h5-6,8-9,15-16,22H,7,10-13H2,1-4H3,(H,20,23). The number of aliphatic hydroxyl groups is 1. The first-order valence-corrected chi connectivity index (χ1v) is 8.57. The van der Waals surface area contributed by atoms with Crippen molar-refractivity contribution >= 4 is 5.91 Å². The molecular weight excluding hydrogens is 288 g/mol. The molecule has 0 radical (unpaired) electrons. The first-order valence-electron chi connectivity index (χ1n) is 8.57. The Morgan fingerprint density at radius 1 is 1.39 bits per heavy atom. The van der Waals surface area contributed by atoms with Crippen LogP contribution in [-0.4, -0.2) is 41.7 Å². The van der Waals surface area contributed by atoms with Crippen molar-refractivity contribution in [1.82, 2.24) is 10.2 Å². The van der Waals surface area contributed by atoms with E-state index >= 15 is 0 Å². The number of piperidine rings is 1. The number of hydrogen-bond donors (Lipinski definition) is 2. The van der Waals surface area contributed by atoms with Crippen molar-refractivity contribution in [3.8, 4) is 0 Å². The van der Waals surface area contributed by atoms with E-state index in [1.807, 2.05) is 26.0 Å². The van der Waals surface area contributed by atoms with Gasteiger partial charge in [0.1, 0.15) is 0 Å². The van der Waals surface area contributed by atoms with E-state index in [1.54, 1.807) is 0 Å². The Kier molecular flexibility index (Phi) is 5.82. The van der Waals surface area contributed by atoms with E-state index in [2.05, 4.69) is 36.2 Å². The molecule has 3 unspecified atom stereocenters. The summed E-state index contributed by atoms with van der Waals surface area (Å²) in [7, 11) is 0. The van der Waals surface area contributed by atoms with Gasteiger partial charge in [0.05, 0.1) is 12.1 Å². The molecule has 1 amide bonds. The minimum Gasteiger partial charge on any atom is -0.396 e. The van der Waals surface area contributed by atoms with Crippen LogP contribution in [0, 0.1) is 12.3 Å². The van der Waals surface area contributed by atoms with Crippen LogP contribution in [0.5, 0.6) is 0 Å². The first-order chi connectivity index (χ1) is 10.9. The Morgan fingerprint density at radius 3 is 2.74 bits per heavy atom. The number of nitrogens with zero attached hydrogens (tertiary/aromatic N) is 1. The topological polar surface area (TPSA) is 52.6 Å². The number of carbonyl (C=O) groups is 1. The van der Waals surface area contributed by atoms with Crippen molar-refractivity contribution < 1.29 is 9.90 Å². The lowest BCUT2D eigenvalue weighted by atomic mass is 9.82. The number of aliphatic hydroxyl groups excluding tert-OH is 1. The Hall–Kier alpha value is -1.39. The van der Waals surface area contributed by atoms with Gasteiger partial charge in [-0.1, -0.05) is 31.2 Å². The van der Waals surface area contributed by atoms with E-state index in [0.717, 1.165) is 31.5 Å². The minimum atomic E-state index is -0.173. The quantitative estimate of drug-likeness (QED) is 0.877. The van der Waals surface area contributed by atoms with Crippen molar-refractivity contribution in [2.45, 2.75) is 52.6 Å². The normalized spacial score (nSPS) is 24.9. The predicted octanol–water partition coefficient (Wildman–Crippen LogP) is 2.66. The van der Waals surface area contributed by atoms with Crippen LogP contribution in [0.2, 0.25) is 0 Å². The molecule has 4 nitrogen and oxygen atoms in total. The summed E-state index contributed by atoms with van der Waals surface area (Å²) in [5, 5.41) is 12.7. The Labute approximate surface area is 139 Å². The van der Waals surface area contributed by atoms with Crippen LogP contribution >= 0.6 is 0 Å². The fourth-order valence-corrected chi connectivity index (χ4v) is 3.47. The lowest BCUT2D eigenvalue weighted by Crippen LogP contribution is -2.52. The molecule has 1 aliphatic rings. The highest BCUT2D eigenvalue weighted by Crippen LogP contribution is 2.30. The van der Waals surface area contributed by atoms with Crippen LogP contribution in [0.4, 0.5) is 0 Å². The molecule has 128 valence electrons. The number of likely N-dealkylation sites (tertiary alicyclic amines) is 1. The van der Waals surface area contributed by atoms with Crippen molar-refractivity contribution in [2.24, 2.45) is 5.41 Å². The van der Waals surface area contributed by atoms with Gasteiger partial charge in [0, 0.05) is 18.6 Å². The SMILES string of the molecule is Cc1ccccc1C(C)NC(=O)C(C)N1CCCC(C)(CO)C1. The molecule has 1 aliphatic heterocycles. The van der Waals surface area contributed by atoms with Gasteiger partial charge in [-0.2, -0.15) is 0 Å². The number of aryl methyl sites for hydroxylation is 1. The third kappa shape index (κ3) is 4.33. The first kappa shape index (κ1) is 18.0. The fraction of sp³-hybridized carbons (Fsp3) is 0.632. The summed E-state index contributed by atoms with van der Waals surface area (Å²) in [4.78, 5) is 14.8. The predicted molar refractivity (Wildman–Crippen MR) is 93.2 cm³/mol. The minimum absolute atomic E-state index is 0.000154. The number of rotatable bonds is 5. The number of nitrogens with one attached hydrogen (secondary N) is 1. The molecule has 1 saturated heterocycles. The van der Waals surface area contributed by atoms with Gasteiger partial charge in [-0.15, -0.1) is 0 Å². The molecule has 1 fully saturated rings. The average molecular weight is 318 g/mol. The maximum absolute atomic E-state index is 12.6. The highest BCUT2D eigenvalue weighted by Gasteiger charge is 2.34. The summed E-state index contributed by atoms with van der Waals surface area (Å²) in [5.74, 6) is 0.0583. The summed E-state index contributed by atoms with van der Waals surface area (Å²) >= 11 is 0. The molecule has 0 bridgehead atoms. The van der Waals surface area contributed by atoms with Gasteiger partial charge in [-0.25, -0.2) is 0 Å². The molecule has 3 atom stereocenters. The molecule has 1 aromatic rings. The van der Waals surface area contributed by atoms with Crippen molar-refractivity contribution in [2.75, 3.05) is 19.7 Å². The Morgan fingerprint density at radius 2 is 2.09 bits per heavy atom. The van der Waals surface area contributed by atoms with E-state index in [9.17, 15) is 9.90 Å². The zero-order valence-corrected chi connectivity index (χ0v) is 14.8. The maximum Gasteiger partial charge on any atom is 0.237 e. The molecule has 2 N–H and O–H groups in total. The highest BCUT2D eigenvalue weighted by molar-refractivity contribution is 5.81. The molecule has 1 aromatic carbocycles. The summed E-state index contributed by atoms with van der Waals surface area (Å²) < 4.78 is 0. The second kappa shape index (κ2) is 7.45. The zero-order chi connectivity index (χ0) is 17.0. The smallest absolute Gasteiger partial charge is 0.237 e. The molecule has 0 saturated carbocycles. The van der Waals surface area contributed by atoms with Crippen LogP contribution in [0.15, 0.2) is 24.3 Å². The van der Waals surface area contributed by atoms with Crippen LogP contribution in [-0.2, 0) is 4.79 Å². The van der Waals surface area contributed by atoms with Crippen LogP contribution in [0.1, 0.15) is 50.8 Å². The lowest BCUT2D eigenvalue weighted by Gasteiger charge is -2.41. The molecule has 23 heavy (non-hydrogen) atoms. The monoisotopic (exact) mass is 318 g/mol. The molecule has 4 heteroatoms. The molecule has 0 spiro atoms. The van der Waals surface area contributed by atoms with Crippen molar-refractivity contribution in [1.29, 1.82) is 0 Å². The van der Waals surface area contributed by atoms with E-state index in [4.69, 9.17) is 0 Å². The summed E-state index contributed by atoms with van der Waals surface area (Å²) in [6.07, 6.45) is 2.05. The van der Waals surface area contributed by atoms with E-state index < -0.39 is 0 Å². The molecule has 2 rings (SSSR count). The molecule has 0 aromatic heterocycles. The van der Waals surface area contributed by atoms with E-state index in [1.165, 1.54) is 5.56 Å². The van der Waals surface area contributed by atoms with Gasteiger partial charge >= 0.3 is 0 Å². The largest absolute Gasteiger partial charge is 0.396 e. The molecular formula is C19H30N2O2. The second-order valence-corrected chi connectivity index (χ2v) is 7.31. The van der Waals surface area contributed by atoms with Gasteiger partial charge in [0.25, 0.3) is 0 Å². The Balaban J connectivity index is 1.98. The Bertz CT molecular complexity index is 546. The molecule has 0 aliphatic carbocycles. The van der Waals surface area contributed by atoms with Crippen LogP contribution < -0.4 is 5.32 Å². The number of hydrogen-bond acceptors (Lipinski definition) is 3. The third-order valence-corrected chi connectivity index (χ3v) is 5.13. The van der Waals surface area contributed by atoms with Gasteiger partial charge in [0.2, 0.25) is 5.91 Å². The number of carbonyl (C=O) groups excluding carboxylic acids is 1. The van der Waals surface area contributed by atoms with Crippen molar-refractivity contribution in [3.63, 3.8) is 0 Å². The van der Waals surface area contributed by atoms with E-state index in [0.29, 0.717) is 0 Å². The number of amides is 1. The second-order valence-electron chi connectivity index (χ2n) is 7.31. The summed E-state index contributed by atoms with van der Waals surface area (Å²) in [6.45, 7) is 10.0. The van der Waals surface area contributed by atoms with E-state index in [-0.39, 0.29) is 30.0 Å². The summed E-state index contributed by atoms with van der Waals surface area (Å²) in [6, 6.07) is 7.98. The zero-order valence-electron chi connectivity index (χ0n) is 14.8.